The number of carbonyl (C=O) groups excluding carboxylic acids is 1. The van der Waals surface area contributed by atoms with Gasteiger partial charge >= 0.3 is 0 Å². The molecule has 0 aliphatic rings. The SMILES string of the molecule is NC(=O)Cc1cccc2cccc([N+](=O)[O-])c12. The first-order valence-corrected chi connectivity index (χ1v) is 5.03. The van der Waals surface area contributed by atoms with E-state index in [9.17, 15) is 14.9 Å². The van der Waals surface area contributed by atoms with E-state index in [2.05, 4.69) is 0 Å². The fourth-order valence-corrected chi connectivity index (χ4v) is 1.88. The van der Waals surface area contributed by atoms with Crippen molar-refractivity contribution in [3.63, 3.8) is 0 Å². The Bertz CT molecular complexity index is 602. The van der Waals surface area contributed by atoms with Crippen LogP contribution < -0.4 is 5.73 Å². The van der Waals surface area contributed by atoms with Crippen LogP contribution in [0.4, 0.5) is 5.69 Å². The van der Waals surface area contributed by atoms with Gasteiger partial charge in [0, 0.05) is 6.07 Å². The number of non-ortho nitro benzene ring substituents is 1. The van der Waals surface area contributed by atoms with Gasteiger partial charge in [-0.3, -0.25) is 14.9 Å². The Morgan fingerprint density at radius 3 is 2.47 bits per heavy atom. The second-order valence-corrected chi connectivity index (χ2v) is 3.69. The number of benzene rings is 2. The molecule has 2 N–H and O–H groups in total. The Morgan fingerprint density at radius 1 is 1.24 bits per heavy atom. The molecule has 0 aliphatic heterocycles. The first-order chi connectivity index (χ1) is 8.09. The zero-order valence-electron chi connectivity index (χ0n) is 8.92. The van der Waals surface area contributed by atoms with Gasteiger partial charge in [0.1, 0.15) is 0 Å². The number of fused-ring (bicyclic) bond motifs is 1. The summed E-state index contributed by atoms with van der Waals surface area (Å²) in [5.74, 6) is -0.504. The summed E-state index contributed by atoms with van der Waals surface area (Å²) in [7, 11) is 0. The van der Waals surface area contributed by atoms with Gasteiger partial charge in [0.05, 0.1) is 16.7 Å². The third kappa shape index (κ3) is 2.08. The van der Waals surface area contributed by atoms with E-state index < -0.39 is 10.8 Å². The Morgan fingerprint density at radius 2 is 1.88 bits per heavy atom. The molecule has 0 spiro atoms. The van der Waals surface area contributed by atoms with E-state index in [1.165, 1.54) is 6.07 Å². The fraction of sp³-hybridized carbons (Fsp3) is 0.0833. The maximum Gasteiger partial charge on any atom is 0.277 e. The minimum Gasteiger partial charge on any atom is -0.369 e. The Kier molecular flexibility index (Phi) is 2.74. The Balaban J connectivity index is 2.75. The Labute approximate surface area is 97.0 Å². The highest BCUT2D eigenvalue weighted by atomic mass is 16.6. The van der Waals surface area contributed by atoms with Crippen LogP contribution in [0, 0.1) is 10.1 Å². The molecule has 5 heteroatoms. The summed E-state index contributed by atoms with van der Waals surface area (Å²) in [5, 5.41) is 12.2. The van der Waals surface area contributed by atoms with Crippen LogP contribution in [-0.4, -0.2) is 10.8 Å². The molecule has 0 unspecified atom stereocenters. The molecule has 0 atom stereocenters. The van der Waals surface area contributed by atoms with Crippen molar-refractivity contribution >= 4 is 22.4 Å². The number of hydrogen-bond acceptors (Lipinski definition) is 3. The largest absolute Gasteiger partial charge is 0.369 e. The van der Waals surface area contributed by atoms with Crippen molar-refractivity contribution in [2.45, 2.75) is 6.42 Å². The number of nitrogens with two attached hydrogens (primary N) is 1. The number of hydrogen-bond donors (Lipinski definition) is 1. The standard InChI is InChI=1S/C12H10N2O3/c13-11(15)7-9-5-1-3-8-4-2-6-10(12(8)9)14(16)17/h1-6H,7H2,(H2,13,15). The van der Waals surface area contributed by atoms with Gasteiger partial charge in [0.15, 0.2) is 0 Å². The second kappa shape index (κ2) is 4.21. The number of nitro benzene ring substituents is 1. The molecule has 5 nitrogen and oxygen atoms in total. The minimum atomic E-state index is -0.504. The van der Waals surface area contributed by atoms with E-state index in [1.54, 1.807) is 30.3 Å². The summed E-state index contributed by atoms with van der Waals surface area (Å²) in [4.78, 5) is 21.4. The molecular weight excluding hydrogens is 220 g/mol. The molecule has 0 aromatic heterocycles. The van der Waals surface area contributed by atoms with Crippen molar-refractivity contribution < 1.29 is 9.72 Å². The lowest BCUT2D eigenvalue weighted by Crippen LogP contribution is -2.14. The quantitative estimate of drug-likeness (QED) is 0.644. The van der Waals surface area contributed by atoms with Crippen LogP contribution in [0.1, 0.15) is 5.56 Å². The van der Waals surface area contributed by atoms with Crippen LogP contribution in [0.5, 0.6) is 0 Å². The number of nitrogens with zero attached hydrogens (tertiary/aromatic N) is 1. The van der Waals surface area contributed by atoms with Crippen LogP contribution in [0.2, 0.25) is 0 Å². The third-order valence-corrected chi connectivity index (χ3v) is 2.53. The maximum absolute atomic E-state index is 10.9. The molecule has 0 heterocycles. The topological polar surface area (TPSA) is 86.2 Å². The summed E-state index contributed by atoms with van der Waals surface area (Å²) >= 11 is 0. The van der Waals surface area contributed by atoms with Gasteiger partial charge in [-0.2, -0.15) is 0 Å². The van der Waals surface area contributed by atoms with Crippen molar-refractivity contribution in [3.8, 4) is 0 Å². The minimum absolute atomic E-state index is 0.000602. The lowest BCUT2D eigenvalue weighted by atomic mass is 10.0. The van der Waals surface area contributed by atoms with E-state index in [0.29, 0.717) is 10.9 Å². The molecule has 1 amide bonds. The summed E-state index contributed by atoms with van der Waals surface area (Å²) in [6, 6.07) is 10.0. The molecule has 0 bridgehead atoms. The number of rotatable bonds is 3. The molecular formula is C12H10N2O3. The average molecular weight is 230 g/mol. The molecule has 0 saturated carbocycles. The van der Waals surface area contributed by atoms with Crippen molar-refractivity contribution in [2.24, 2.45) is 5.73 Å². The van der Waals surface area contributed by atoms with Gasteiger partial charge in [0.2, 0.25) is 5.91 Å². The van der Waals surface area contributed by atoms with Crippen molar-refractivity contribution in [1.82, 2.24) is 0 Å². The molecule has 2 aromatic carbocycles. The van der Waals surface area contributed by atoms with Gasteiger partial charge in [-0.15, -0.1) is 0 Å². The molecule has 2 aromatic rings. The molecule has 17 heavy (non-hydrogen) atoms. The van der Waals surface area contributed by atoms with E-state index in [0.717, 1.165) is 5.39 Å². The molecule has 0 aliphatic carbocycles. The third-order valence-electron chi connectivity index (χ3n) is 2.53. The van der Waals surface area contributed by atoms with Crippen LogP contribution in [-0.2, 0) is 11.2 Å². The van der Waals surface area contributed by atoms with Crippen LogP contribution in [0.3, 0.4) is 0 Å². The smallest absolute Gasteiger partial charge is 0.277 e. The molecule has 0 radical (unpaired) electrons. The molecule has 0 saturated heterocycles. The first-order valence-electron chi connectivity index (χ1n) is 5.03. The zero-order chi connectivity index (χ0) is 12.4. The lowest BCUT2D eigenvalue weighted by molar-refractivity contribution is -0.383. The number of amides is 1. The lowest BCUT2D eigenvalue weighted by Gasteiger charge is -2.05. The predicted molar refractivity (Wildman–Crippen MR) is 63.5 cm³/mol. The summed E-state index contributed by atoms with van der Waals surface area (Å²) in [6.07, 6.45) is 0.00218. The molecule has 0 fully saturated rings. The highest BCUT2D eigenvalue weighted by Gasteiger charge is 2.15. The summed E-state index contributed by atoms with van der Waals surface area (Å²) in [5.41, 5.74) is 5.72. The van der Waals surface area contributed by atoms with E-state index >= 15 is 0 Å². The first kappa shape index (κ1) is 11.1. The van der Waals surface area contributed by atoms with Crippen molar-refractivity contribution in [1.29, 1.82) is 0 Å². The highest BCUT2D eigenvalue weighted by molar-refractivity contribution is 5.96. The van der Waals surface area contributed by atoms with Gasteiger partial charge in [-0.05, 0) is 10.9 Å². The van der Waals surface area contributed by atoms with Gasteiger partial charge in [-0.1, -0.05) is 30.3 Å². The highest BCUT2D eigenvalue weighted by Crippen LogP contribution is 2.28. The van der Waals surface area contributed by atoms with Gasteiger partial charge in [0.25, 0.3) is 5.69 Å². The van der Waals surface area contributed by atoms with Crippen LogP contribution in [0.15, 0.2) is 36.4 Å². The molecule has 86 valence electrons. The average Bonchev–Trinajstić information content (AvgIpc) is 2.27. The normalized spacial score (nSPS) is 10.4. The number of primary amides is 1. The second-order valence-electron chi connectivity index (χ2n) is 3.69. The van der Waals surface area contributed by atoms with E-state index in [4.69, 9.17) is 5.73 Å². The van der Waals surface area contributed by atoms with Crippen molar-refractivity contribution in [2.75, 3.05) is 0 Å². The monoisotopic (exact) mass is 230 g/mol. The maximum atomic E-state index is 10.9. The van der Waals surface area contributed by atoms with Crippen LogP contribution >= 0.6 is 0 Å². The summed E-state index contributed by atoms with van der Waals surface area (Å²) < 4.78 is 0. The molecule has 2 rings (SSSR count). The van der Waals surface area contributed by atoms with Crippen LogP contribution in [0.25, 0.3) is 10.8 Å². The fourth-order valence-electron chi connectivity index (χ4n) is 1.88. The predicted octanol–water partition coefficient (Wildman–Crippen LogP) is 1.78. The zero-order valence-corrected chi connectivity index (χ0v) is 8.92. The number of carbonyl (C=O) groups is 1. The number of nitro groups is 1. The Hall–Kier alpha value is -2.43. The summed E-state index contributed by atoms with van der Waals surface area (Å²) in [6.45, 7) is 0. The van der Waals surface area contributed by atoms with E-state index in [1.807, 2.05) is 0 Å². The van der Waals surface area contributed by atoms with E-state index in [-0.39, 0.29) is 12.1 Å². The van der Waals surface area contributed by atoms with Gasteiger partial charge < -0.3 is 5.73 Å². The van der Waals surface area contributed by atoms with Gasteiger partial charge in [-0.25, -0.2) is 0 Å². The van der Waals surface area contributed by atoms with Crippen molar-refractivity contribution in [3.05, 3.63) is 52.1 Å².